The van der Waals surface area contributed by atoms with E-state index in [1.807, 2.05) is 0 Å². The van der Waals surface area contributed by atoms with E-state index in [1.165, 1.54) is 7.14 Å². The van der Waals surface area contributed by atoms with Crippen LogP contribution in [0.1, 0.15) is 30.9 Å². The van der Waals surface area contributed by atoms with Crippen molar-refractivity contribution in [3.63, 3.8) is 0 Å². The lowest BCUT2D eigenvalue weighted by molar-refractivity contribution is 0.151. The molecule has 1 unspecified atom stereocenters. The number of aliphatic hydroxyl groups excluding tert-OH is 1. The number of benzene rings is 2. The Morgan fingerprint density at radius 3 is 1.86 bits per heavy atom. The molecular formula is C18H21I2NO. The van der Waals surface area contributed by atoms with E-state index in [0.717, 1.165) is 11.1 Å². The molecule has 0 saturated carbocycles. The second-order valence-corrected chi connectivity index (χ2v) is 8.21. The van der Waals surface area contributed by atoms with Gasteiger partial charge in [0.15, 0.2) is 0 Å². The molecule has 0 aliphatic rings. The minimum Gasteiger partial charge on any atom is -0.391 e. The van der Waals surface area contributed by atoms with Crippen molar-refractivity contribution >= 4 is 45.2 Å². The zero-order chi connectivity index (χ0) is 16.1. The van der Waals surface area contributed by atoms with Crippen LogP contribution in [0.25, 0.3) is 0 Å². The number of hydrogen-bond acceptors (Lipinski definition) is 2. The molecule has 0 radical (unpaired) electrons. The molecule has 2 aromatic carbocycles. The molecular weight excluding hydrogens is 500 g/mol. The maximum Gasteiger partial charge on any atom is 0.0773 e. The second-order valence-electron chi connectivity index (χ2n) is 5.72. The van der Waals surface area contributed by atoms with Crippen molar-refractivity contribution in [2.75, 3.05) is 6.54 Å². The molecule has 0 amide bonds. The van der Waals surface area contributed by atoms with E-state index in [-0.39, 0.29) is 5.92 Å². The first-order valence-electron chi connectivity index (χ1n) is 7.39. The van der Waals surface area contributed by atoms with Gasteiger partial charge in [0.1, 0.15) is 0 Å². The van der Waals surface area contributed by atoms with Gasteiger partial charge in [0, 0.05) is 25.6 Å². The summed E-state index contributed by atoms with van der Waals surface area (Å²) in [6, 6.07) is 17.1. The van der Waals surface area contributed by atoms with Gasteiger partial charge in [0.2, 0.25) is 0 Å². The van der Waals surface area contributed by atoms with E-state index in [1.54, 1.807) is 0 Å². The van der Waals surface area contributed by atoms with Gasteiger partial charge in [-0.2, -0.15) is 0 Å². The number of nitrogens with one attached hydrogen (secondary N) is 1. The van der Waals surface area contributed by atoms with E-state index in [9.17, 15) is 5.11 Å². The van der Waals surface area contributed by atoms with Gasteiger partial charge in [-0.15, -0.1) is 0 Å². The molecule has 0 fully saturated rings. The Hall–Kier alpha value is -0.180. The molecule has 2 nitrogen and oxygen atoms in total. The molecule has 1 atom stereocenters. The van der Waals surface area contributed by atoms with Crippen molar-refractivity contribution in [3.05, 3.63) is 66.8 Å². The van der Waals surface area contributed by atoms with Crippen LogP contribution in [0.2, 0.25) is 0 Å². The minimum atomic E-state index is -0.459. The molecule has 2 aromatic rings. The standard InChI is InChI=1S/C18H21I2NO/c1-12(2)21-11-17(22)18(13-5-3-7-15(19)9-13)14-6-4-8-16(20)10-14/h3-10,12,17-18,21-22H,11H2,1-2H3. The zero-order valence-corrected chi connectivity index (χ0v) is 17.1. The van der Waals surface area contributed by atoms with Crippen molar-refractivity contribution in [2.24, 2.45) is 0 Å². The van der Waals surface area contributed by atoms with Gasteiger partial charge >= 0.3 is 0 Å². The third-order valence-electron chi connectivity index (χ3n) is 3.54. The number of aliphatic hydroxyl groups is 1. The quantitative estimate of drug-likeness (QED) is 0.554. The summed E-state index contributed by atoms with van der Waals surface area (Å²) < 4.78 is 2.38. The van der Waals surface area contributed by atoms with Gasteiger partial charge in [-0.05, 0) is 80.6 Å². The predicted molar refractivity (Wildman–Crippen MR) is 109 cm³/mol. The summed E-state index contributed by atoms with van der Waals surface area (Å²) in [5.41, 5.74) is 2.32. The predicted octanol–water partition coefficient (Wildman–Crippen LogP) is 4.39. The van der Waals surface area contributed by atoms with Crippen LogP contribution >= 0.6 is 45.2 Å². The van der Waals surface area contributed by atoms with Crippen LogP contribution in [0.4, 0.5) is 0 Å². The Bertz CT molecular complexity index is 570. The summed E-state index contributed by atoms with van der Waals surface area (Å²) in [5, 5.41) is 14.1. The highest BCUT2D eigenvalue weighted by atomic mass is 127. The fourth-order valence-corrected chi connectivity index (χ4v) is 3.65. The second kappa shape index (κ2) is 8.61. The van der Waals surface area contributed by atoms with E-state index < -0.39 is 6.10 Å². The van der Waals surface area contributed by atoms with E-state index >= 15 is 0 Å². The third-order valence-corrected chi connectivity index (χ3v) is 4.88. The highest BCUT2D eigenvalue weighted by Crippen LogP contribution is 2.30. The molecule has 2 N–H and O–H groups in total. The Morgan fingerprint density at radius 1 is 0.955 bits per heavy atom. The van der Waals surface area contributed by atoms with Crippen LogP contribution in [0.3, 0.4) is 0 Å². The Morgan fingerprint density at radius 2 is 1.45 bits per heavy atom. The number of halogens is 2. The molecule has 2 rings (SSSR count). The van der Waals surface area contributed by atoms with Gasteiger partial charge < -0.3 is 10.4 Å². The van der Waals surface area contributed by atoms with Crippen molar-refractivity contribution < 1.29 is 5.11 Å². The fourth-order valence-electron chi connectivity index (χ4n) is 2.51. The summed E-state index contributed by atoms with van der Waals surface area (Å²) in [4.78, 5) is 0. The Kier molecular flexibility index (Phi) is 7.11. The first kappa shape index (κ1) is 18.2. The van der Waals surface area contributed by atoms with Gasteiger partial charge in [0.05, 0.1) is 6.10 Å². The first-order valence-corrected chi connectivity index (χ1v) is 9.55. The van der Waals surface area contributed by atoms with Crippen LogP contribution in [-0.4, -0.2) is 23.8 Å². The largest absolute Gasteiger partial charge is 0.391 e. The lowest BCUT2D eigenvalue weighted by Crippen LogP contribution is -2.35. The zero-order valence-electron chi connectivity index (χ0n) is 12.8. The number of hydrogen-bond donors (Lipinski definition) is 2. The van der Waals surface area contributed by atoms with E-state index in [2.05, 4.69) is 113 Å². The Balaban J connectivity index is 2.36. The fraction of sp³-hybridized carbons (Fsp3) is 0.333. The smallest absolute Gasteiger partial charge is 0.0773 e. The van der Waals surface area contributed by atoms with Crippen LogP contribution in [0, 0.1) is 7.14 Å². The molecule has 0 spiro atoms. The summed E-state index contributed by atoms with van der Waals surface area (Å²) in [6.45, 7) is 4.77. The SMILES string of the molecule is CC(C)NCC(O)C(c1cccc(I)c1)c1cccc(I)c1. The van der Waals surface area contributed by atoms with Crippen LogP contribution in [0.5, 0.6) is 0 Å². The molecule has 0 bridgehead atoms. The lowest BCUT2D eigenvalue weighted by atomic mass is 9.86. The molecule has 0 aromatic heterocycles. The maximum atomic E-state index is 10.8. The topological polar surface area (TPSA) is 32.3 Å². The highest BCUT2D eigenvalue weighted by Gasteiger charge is 2.23. The van der Waals surface area contributed by atoms with Crippen LogP contribution < -0.4 is 5.32 Å². The van der Waals surface area contributed by atoms with E-state index in [0.29, 0.717) is 12.6 Å². The van der Waals surface area contributed by atoms with Gasteiger partial charge in [-0.25, -0.2) is 0 Å². The van der Waals surface area contributed by atoms with Crippen molar-refractivity contribution in [1.82, 2.24) is 5.32 Å². The molecule has 0 heterocycles. The molecule has 0 aliphatic heterocycles. The lowest BCUT2D eigenvalue weighted by Gasteiger charge is -2.25. The van der Waals surface area contributed by atoms with Crippen LogP contribution in [0.15, 0.2) is 48.5 Å². The monoisotopic (exact) mass is 521 g/mol. The summed E-state index contributed by atoms with van der Waals surface area (Å²) in [5.74, 6) is -0.0179. The average molecular weight is 521 g/mol. The highest BCUT2D eigenvalue weighted by molar-refractivity contribution is 14.1. The first-order chi connectivity index (χ1) is 10.5. The summed E-state index contributed by atoms with van der Waals surface area (Å²) in [6.07, 6.45) is -0.459. The van der Waals surface area contributed by atoms with Gasteiger partial charge in [0.25, 0.3) is 0 Å². The molecule has 0 aliphatic carbocycles. The van der Waals surface area contributed by atoms with E-state index in [4.69, 9.17) is 0 Å². The van der Waals surface area contributed by atoms with Gasteiger partial charge in [-0.1, -0.05) is 38.1 Å². The Labute approximate surface area is 160 Å². The summed E-state index contributed by atoms with van der Waals surface area (Å²) in [7, 11) is 0. The normalized spacial score (nSPS) is 12.9. The van der Waals surface area contributed by atoms with Crippen LogP contribution in [-0.2, 0) is 0 Å². The summed E-state index contributed by atoms with van der Waals surface area (Å²) >= 11 is 4.64. The molecule has 4 heteroatoms. The third kappa shape index (κ3) is 5.18. The van der Waals surface area contributed by atoms with Crippen molar-refractivity contribution in [2.45, 2.75) is 31.9 Å². The minimum absolute atomic E-state index is 0.0179. The van der Waals surface area contributed by atoms with Crippen molar-refractivity contribution in [3.8, 4) is 0 Å². The molecule has 22 heavy (non-hydrogen) atoms. The maximum absolute atomic E-state index is 10.8. The number of rotatable bonds is 6. The molecule has 118 valence electrons. The molecule has 0 saturated heterocycles. The van der Waals surface area contributed by atoms with Gasteiger partial charge in [-0.3, -0.25) is 0 Å². The van der Waals surface area contributed by atoms with Crippen molar-refractivity contribution in [1.29, 1.82) is 0 Å². The average Bonchev–Trinajstić information content (AvgIpc) is 2.45.